The van der Waals surface area contributed by atoms with Gasteiger partial charge in [-0.2, -0.15) is 0 Å². The SMILES string of the molecule is CCC(CC)(CN)C(=O)NCCSc1ccc(Cl)cc1. The van der Waals surface area contributed by atoms with Crippen LogP contribution in [0.4, 0.5) is 0 Å². The second kappa shape index (κ2) is 8.55. The lowest BCUT2D eigenvalue weighted by atomic mass is 9.81. The Balaban J connectivity index is 2.36. The summed E-state index contributed by atoms with van der Waals surface area (Å²) < 4.78 is 0. The average Bonchev–Trinajstić information content (AvgIpc) is 2.48. The van der Waals surface area contributed by atoms with Crippen LogP contribution in [0.1, 0.15) is 26.7 Å². The number of nitrogens with one attached hydrogen (secondary N) is 1. The van der Waals surface area contributed by atoms with E-state index in [2.05, 4.69) is 5.32 Å². The summed E-state index contributed by atoms with van der Waals surface area (Å²) in [6, 6.07) is 7.71. The molecule has 0 aliphatic carbocycles. The van der Waals surface area contributed by atoms with E-state index in [1.54, 1.807) is 11.8 Å². The van der Waals surface area contributed by atoms with E-state index in [0.29, 0.717) is 13.1 Å². The standard InChI is InChI=1S/C15H23ClN2OS/c1-3-15(4-2,11-17)14(19)18-9-10-20-13-7-5-12(16)6-8-13/h5-8H,3-4,9-11,17H2,1-2H3,(H,18,19). The molecule has 0 unspecified atom stereocenters. The van der Waals surface area contributed by atoms with Crippen molar-refractivity contribution in [1.29, 1.82) is 0 Å². The lowest BCUT2D eigenvalue weighted by Crippen LogP contribution is -2.45. The van der Waals surface area contributed by atoms with E-state index in [1.807, 2.05) is 38.1 Å². The van der Waals surface area contributed by atoms with E-state index in [4.69, 9.17) is 17.3 Å². The van der Waals surface area contributed by atoms with E-state index >= 15 is 0 Å². The second-order valence-electron chi connectivity index (χ2n) is 4.75. The van der Waals surface area contributed by atoms with Gasteiger partial charge in [0, 0.05) is 28.8 Å². The van der Waals surface area contributed by atoms with Crippen LogP contribution in [0.5, 0.6) is 0 Å². The third-order valence-corrected chi connectivity index (χ3v) is 4.96. The molecule has 0 aliphatic rings. The number of carbonyl (C=O) groups is 1. The van der Waals surface area contributed by atoms with Gasteiger partial charge in [-0.15, -0.1) is 11.8 Å². The van der Waals surface area contributed by atoms with Crippen LogP contribution < -0.4 is 11.1 Å². The molecule has 1 rings (SSSR count). The van der Waals surface area contributed by atoms with Gasteiger partial charge in [-0.05, 0) is 37.1 Å². The quantitative estimate of drug-likeness (QED) is 0.572. The molecule has 5 heteroatoms. The molecule has 0 bridgehead atoms. The second-order valence-corrected chi connectivity index (χ2v) is 6.35. The monoisotopic (exact) mass is 314 g/mol. The van der Waals surface area contributed by atoms with Gasteiger partial charge >= 0.3 is 0 Å². The fourth-order valence-electron chi connectivity index (χ4n) is 2.00. The number of nitrogens with two attached hydrogens (primary N) is 1. The van der Waals surface area contributed by atoms with Crippen molar-refractivity contribution in [1.82, 2.24) is 5.32 Å². The first-order chi connectivity index (χ1) is 9.57. The summed E-state index contributed by atoms with van der Waals surface area (Å²) in [5.74, 6) is 0.906. The van der Waals surface area contributed by atoms with Gasteiger partial charge in [-0.3, -0.25) is 4.79 Å². The van der Waals surface area contributed by atoms with E-state index in [1.165, 1.54) is 0 Å². The van der Waals surface area contributed by atoms with Crippen molar-refractivity contribution in [2.45, 2.75) is 31.6 Å². The van der Waals surface area contributed by atoms with Crippen LogP contribution in [-0.2, 0) is 4.79 Å². The Morgan fingerprint density at radius 3 is 2.40 bits per heavy atom. The molecule has 0 aromatic heterocycles. The molecular weight excluding hydrogens is 292 g/mol. The summed E-state index contributed by atoms with van der Waals surface area (Å²) >= 11 is 7.53. The molecule has 0 radical (unpaired) electrons. The molecule has 0 fully saturated rings. The predicted octanol–water partition coefficient (Wildman–Crippen LogP) is 3.31. The van der Waals surface area contributed by atoms with Gasteiger partial charge in [-0.1, -0.05) is 25.4 Å². The molecule has 0 saturated heterocycles. The molecule has 0 heterocycles. The third-order valence-electron chi connectivity index (χ3n) is 3.70. The highest BCUT2D eigenvalue weighted by Crippen LogP contribution is 2.25. The summed E-state index contributed by atoms with van der Waals surface area (Å²) in [6.45, 7) is 5.07. The lowest BCUT2D eigenvalue weighted by Gasteiger charge is -2.28. The topological polar surface area (TPSA) is 55.1 Å². The minimum absolute atomic E-state index is 0.0710. The maximum atomic E-state index is 12.2. The van der Waals surface area contributed by atoms with Gasteiger partial charge in [0.1, 0.15) is 0 Å². The summed E-state index contributed by atoms with van der Waals surface area (Å²) in [7, 11) is 0. The fourth-order valence-corrected chi connectivity index (χ4v) is 2.90. The Labute approximate surface area is 130 Å². The number of thioether (sulfide) groups is 1. The molecule has 0 spiro atoms. The molecule has 0 aliphatic heterocycles. The number of rotatable bonds is 8. The smallest absolute Gasteiger partial charge is 0.227 e. The number of benzene rings is 1. The van der Waals surface area contributed by atoms with Gasteiger partial charge in [0.25, 0.3) is 0 Å². The summed E-state index contributed by atoms with van der Waals surface area (Å²) in [6.07, 6.45) is 1.55. The van der Waals surface area contributed by atoms with Gasteiger partial charge in [0.15, 0.2) is 0 Å². The first-order valence-electron chi connectivity index (χ1n) is 6.94. The van der Waals surface area contributed by atoms with Gasteiger partial charge in [-0.25, -0.2) is 0 Å². The molecule has 3 N–H and O–H groups in total. The summed E-state index contributed by atoms with van der Waals surface area (Å²) in [4.78, 5) is 13.3. The van der Waals surface area contributed by atoms with Crippen LogP contribution in [0.2, 0.25) is 5.02 Å². The largest absolute Gasteiger partial charge is 0.355 e. The van der Waals surface area contributed by atoms with Crippen LogP contribution >= 0.6 is 23.4 Å². The lowest BCUT2D eigenvalue weighted by molar-refractivity contribution is -0.130. The number of halogens is 1. The van der Waals surface area contributed by atoms with Gasteiger partial charge in [0.2, 0.25) is 5.91 Å². The molecule has 112 valence electrons. The zero-order chi connectivity index (χ0) is 15.0. The third kappa shape index (κ3) is 4.69. The minimum Gasteiger partial charge on any atom is -0.355 e. The molecule has 0 saturated carbocycles. The fraction of sp³-hybridized carbons (Fsp3) is 0.533. The number of amides is 1. The molecule has 0 atom stereocenters. The molecule has 1 aromatic rings. The number of hydrogen-bond donors (Lipinski definition) is 2. The molecular formula is C15H23ClN2OS. The van der Waals surface area contributed by atoms with Crippen molar-refractivity contribution in [2.75, 3.05) is 18.8 Å². The summed E-state index contributed by atoms with van der Waals surface area (Å²) in [5, 5.41) is 3.73. The van der Waals surface area contributed by atoms with E-state index < -0.39 is 5.41 Å². The van der Waals surface area contributed by atoms with Crippen LogP contribution in [0.25, 0.3) is 0 Å². The Morgan fingerprint density at radius 1 is 1.30 bits per heavy atom. The van der Waals surface area contributed by atoms with Crippen molar-refractivity contribution < 1.29 is 4.79 Å². The first-order valence-corrected chi connectivity index (χ1v) is 8.31. The zero-order valence-electron chi connectivity index (χ0n) is 12.1. The van der Waals surface area contributed by atoms with Crippen molar-refractivity contribution in [3.63, 3.8) is 0 Å². The Bertz CT molecular complexity index is 410. The maximum absolute atomic E-state index is 12.2. The van der Waals surface area contributed by atoms with Crippen molar-refractivity contribution in [2.24, 2.45) is 11.1 Å². The van der Waals surface area contributed by atoms with E-state index in [-0.39, 0.29) is 5.91 Å². The molecule has 1 amide bonds. The van der Waals surface area contributed by atoms with Crippen molar-refractivity contribution in [3.8, 4) is 0 Å². The van der Waals surface area contributed by atoms with Gasteiger partial charge in [0.05, 0.1) is 5.41 Å². The van der Waals surface area contributed by atoms with Crippen LogP contribution in [0.3, 0.4) is 0 Å². The Kier molecular flexibility index (Phi) is 7.41. The normalized spacial score (nSPS) is 11.4. The first kappa shape index (κ1) is 17.3. The van der Waals surface area contributed by atoms with Crippen LogP contribution in [-0.4, -0.2) is 24.7 Å². The zero-order valence-corrected chi connectivity index (χ0v) is 13.7. The number of hydrogen-bond acceptors (Lipinski definition) is 3. The van der Waals surface area contributed by atoms with Crippen LogP contribution in [0.15, 0.2) is 29.2 Å². The molecule has 1 aromatic carbocycles. The number of carbonyl (C=O) groups excluding carboxylic acids is 1. The molecule has 20 heavy (non-hydrogen) atoms. The predicted molar refractivity (Wildman–Crippen MR) is 87.3 cm³/mol. The van der Waals surface area contributed by atoms with Crippen molar-refractivity contribution >= 4 is 29.3 Å². The highest BCUT2D eigenvalue weighted by atomic mass is 35.5. The Hall–Kier alpha value is -0.710. The highest BCUT2D eigenvalue weighted by Gasteiger charge is 2.32. The minimum atomic E-state index is -0.412. The van der Waals surface area contributed by atoms with Gasteiger partial charge < -0.3 is 11.1 Å². The maximum Gasteiger partial charge on any atom is 0.227 e. The summed E-state index contributed by atoms with van der Waals surface area (Å²) in [5.41, 5.74) is 5.35. The molecule has 3 nitrogen and oxygen atoms in total. The highest BCUT2D eigenvalue weighted by molar-refractivity contribution is 7.99. The Morgan fingerprint density at radius 2 is 1.90 bits per heavy atom. The van der Waals surface area contributed by atoms with E-state index in [0.717, 1.165) is 28.5 Å². The van der Waals surface area contributed by atoms with E-state index in [9.17, 15) is 4.79 Å². The van der Waals surface area contributed by atoms with Crippen molar-refractivity contribution in [3.05, 3.63) is 29.3 Å². The van der Waals surface area contributed by atoms with Crippen LogP contribution in [0, 0.1) is 5.41 Å². The average molecular weight is 315 g/mol.